The van der Waals surface area contributed by atoms with Gasteiger partial charge < -0.3 is 9.30 Å². The van der Waals surface area contributed by atoms with Crippen LogP contribution in [-0.2, 0) is 11.5 Å². The summed E-state index contributed by atoms with van der Waals surface area (Å²) in [6.45, 7) is 2.99. The predicted octanol–water partition coefficient (Wildman–Crippen LogP) is 2.07. The van der Waals surface area contributed by atoms with Crippen molar-refractivity contribution < 1.29 is 9.53 Å². The molecule has 1 aromatic rings. The Hall–Kier alpha value is -1.09. The third kappa shape index (κ3) is 2.45. The summed E-state index contributed by atoms with van der Waals surface area (Å²) in [5.74, 6) is 0.892. The maximum Gasteiger partial charge on any atom is 0.161 e. The number of Topliss-reactive ketones (excluding diaryl/α,β-unsaturated/α-hetero) is 1. The molecule has 2 rings (SSSR count). The zero-order valence-electron chi connectivity index (χ0n) is 8.40. The summed E-state index contributed by atoms with van der Waals surface area (Å²) in [6.07, 6.45) is 6.33. The molecule has 0 aliphatic heterocycles. The molecule has 0 amide bonds. The minimum absolute atomic E-state index is 0.103. The van der Waals surface area contributed by atoms with Gasteiger partial charge in [0.2, 0.25) is 0 Å². The van der Waals surface area contributed by atoms with Crippen molar-refractivity contribution in [1.29, 1.82) is 0 Å². The average Bonchev–Trinajstić information content (AvgIpc) is 2.82. The summed E-state index contributed by atoms with van der Waals surface area (Å²) >= 11 is 0. The molecule has 1 saturated carbocycles. The number of hydrogen-bond donors (Lipinski definition) is 0. The molecule has 0 N–H and O–H groups in total. The number of ketones is 1. The zero-order chi connectivity index (χ0) is 9.97. The molecule has 1 fully saturated rings. The molecule has 14 heavy (non-hydrogen) atoms. The lowest BCUT2D eigenvalue weighted by molar-refractivity contribution is 0.0691. The largest absolute Gasteiger partial charge is 0.361 e. The third-order valence-electron chi connectivity index (χ3n) is 2.45. The van der Waals surface area contributed by atoms with Gasteiger partial charge in [0, 0.05) is 18.0 Å². The summed E-state index contributed by atoms with van der Waals surface area (Å²) < 4.78 is 7.39. The van der Waals surface area contributed by atoms with Crippen LogP contribution in [0.25, 0.3) is 0 Å². The van der Waals surface area contributed by atoms with Crippen molar-refractivity contribution in [1.82, 2.24) is 4.57 Å². The Bertz CT molecular complexity index is 326. The molecule has 0 unspecified atom stereocenters. The number of rotatable bonds is 5. The van der Waals surface area contributed by atoms with E-state index >= 15 is 0 Å². The van der Waals surface area contributed by atoms with Gasteiger partial charge >= 0.3 is 0 Å². The molecule has 0 aromatic carbocycles. The van der Waals surface area contributed by atoms with Crippen LogP contribution in [0.5, 0.6) is 0 Å². The highest BCUT2D eigenvalue weighted by molar-refractivity contribution is 5.93. The number of hydrogen-bond acceptors (Lipinski definition) is 2. The molecule has 0 spiro atoms. The monoisotopic (exact) mass is 193 g/mol. The Kier molecular flexibility index (Phi) is 2.68. The van der Waals surface area contributed by atoms with Crippen LogP contribution in [-0.4, -0.2) is 17.0 Å². The number of carbonyl (C=O) groups excluding carboxylic acids is 1. The smallest absolute Gasteiger partial charge is 0.161 e. The Morgan fingerprint density at radius 1 is 1.64 bits per heavy atom. The Labute approximate surface area is 83.7 Å². The fourth-order valence-electron chi connectivity index (χ4n) is 1.34. The van der Waals surface area contributed by atoms with E-state index in [1.807, 2.05) is 23.0 Å². The average molecular weight is 193 g/mol. The van der Waals surface area contributed by atoms with Gasteiger partial charge in [-0.15, -0.1) is 0 Å². The van der Waals surface area contributed by atoms with Crippen LogP contribution in [0.4, 0.5) is 0 Å². The molecule has 3 nitrogen and oxygen atoms in total. The fourth-order valence-corrected chi connectivity index (χ4v) is 1.34. The lowest BCUT2D eigenvalue weighted by atomic mass is 10.2. The molecule has 1 aliphatic carbocycles. The molecule has 3 heteroatoms. The molecule has 0 radical (unpaired) electrons. The fraction of sp³-hybridized carbons (Fsp3) is 0.545. The van der Waals surface area contributed by atoms with E-state index in [9.17, 15) is 4.79 Å². The van der Waals surface area contributed by atoms with Crippen LogP contribution in [0.2, 0.25) is 0 Å². The lowest BCUT2D eigenvalue weighted by Gasteiger charge is -2.03. The molecular weight excluding hydrogens is 178 g/mol. The molecule has 76 valence electrons. The first kappa shape index (κ1) is 9.46. The van der Waals surface area contributed by atoms with E-state index < -0.39 is 0 Å². The minimum Gasteiger partial charge on any atom is -0.361 e. The van der Waals surface area contributed by atoms with Crippen molar-refractivity contribution in [2.24, 2.45) is 5.92 Å². The highest BCUT2D eigenvalue weighted by atomic mass is 16.5. The van der Waals surface area contributed by atoms with Crippen molar-refractivity contribution >= 4 is 5.78 Å². The Balaban J connectivity index is 1.79. The molecule has 0 atom stereocenters. The van der Waals surface area contributed by atoms with Crippen molar-refractivity contribution in [3.8, 4) is 0 Å². The zero-order valence-corrected chi connectivity index (χ0v) is 8.40. The van der Waals surface area contributed by atoms with Crippen molar-refractivity contribution in [3.63, 3.8) is 0 Å². The quantitative estimate of drug-likeness (QED) is 0.670. The number of ether oxygens (including phenoxy) is 1. The van der Waals surface area contributed by atoms with Gasteiger partial charge in [-0.1, -0.05) is 0 Å². The minimum atomic E-state index is 0.103. The van der Waals surface area contributed by atoms with E-state index in [2.05, 4.69) is 0 Å². The second-order valence-corrected chi connectivity index (χ2v) is 3.91. The first-order valence-electron chi connectivity index (χ1n) is 5.00. The van der Waals surface area contributed by atoms with Gasteiger partial charge in [-0.25, -0.2) is 0 Å². The van der Waals surface area contributed by atoms with E-state index in [0.717, 1.165) is 18.1 Å². The van der Waals surface area contributed by atoms with Gasteiger partial charge in [-0.3, -0.25) is 4.79 Å². The van der Waals surface area contributed by atoms with Crippen molar-refractivity contribution in [2.45, 2.75) is 26.5 Å². The summed E-state index contributed by atoms with van der Waals surface area (Å²) in [4.78, 5) is 11.0. The van der Waals surface area contributed by atoms with Crippen LogP contribution in [0.1, 0.15) is 30.1 Å². The molecular formula is C11H15NO2. The number of carbonyl (C=O) groups is 1. The van der Waals surface area contributed by atoms with Gasteiger partial charge in [0.05, 0.1) is 6.61 Å². The highest BCUT2D eigenvalue weighted by Crippen LogP contribution is 2.28. The summed E-state index contributed by atoms with van der Waals surface area (Å²) in [5, 5.41) is 0. The lowest BCUT2D eigenvalue weighted by Crippen LogP contribution is -2.02. The van der Waals surface area contributed by atoms with E-state index in [0.29, 0.717) is 6.73 Å². The molecule has 1 aliphatic rings. The standard InChI is InChI=1S/C11H15NO2/c1-9(13)11-4-5-12(6-11)8-14-7-10-2-3-10/h4-6,10H,2-3,7-8H2,1H3. The summed E-state index contributed by atoms with van der Waals surface area (Å²) in [5.41, 5.74) is 0.750. The number of aromatic nitrogens is 1. The topological polar surface area (TPSA) is 31.2 Å². The molecule has 1 heterocycles. The second kappa shape index (κ2) is 3.96. The molecule has 1 aromatic heterocycles. The maximum atomic E-state index is 11.0. The van der Waals surface area contributed by atoms with E-state index in [4.69, 9.17) is 4.74 Å². The third-order valence-corrected chi connectivity index (χ3v) is 2.45. The Morgan fingerprint density at radius 3 is 3.00 bits per heavy atom. The normalized spacial score (nSPS) is 15.8. The maximum absolute atomic E-state index is 11.0. The molecule has 0 saturated heterocycles. The van der Waals surface area contributed by atoms with Gasteiger partial charge in [-0.05, 0) is 31.7 Å². The van der Waals surface area contributed by atoms with E-state index in [1.54, 1.807) is 6.92 Å². The van der Waals surface area contributed by atoms with Crippen LogP contribution in [0.15, 0.2) is 18.5 Å². The van der Waals surface area contributed by atoms with Crippen LogP contribution >= 0.6 is 0 Å². The summed E-state index contributed by atoms with van der Waals surface area (Å²) in [7, 11) is 0. The van der Waals surface area contributed by atoms with Gasteiger partial charge in [-0.2, -0.15) is 0 Å². The van der Waals surface area contributed by atoms with Gasteiger partial charge in [0.15, 0.2) is 5.78 Å². The van der Waals surface area contributed by atoms with E-state index in [-0.39, 0.29) is 5.78 Å². The highest BCUT2D eigenvalue weighted by Gasteiger charge is 2.20. The first-order chi connectivity index (χ1) is 6.75. The number of nitrogens with zero attached hydrogens (tertiary/aromatic N) is 1. The van der Waals surface area contributed by atoms with Crippen molar-refractivity contribution in [3.05, 3.63) is 24.0 Å². The van der Waals surface area contributed by atoms with Crippen LogP contribution < -0.4 is 0 Å². The first-order valence-corrected chi connectivity index (χ1v) is 5.00. The summed E-state index contributed by atoms with van der Waals surface area (Å²) in [6, 6.07) is 1.82. The van der Waals surface area contributed by atoms with Gasteiger partial charge in [0.1, 0.15) is 6.73 Å². The van der Waals surface area contributed by atoms with E-state index in [1.165, 1.54) is 12.8 Å². The second-order valence-electron chi connectivity index (χ2n) is 3.91. The Morgan fingerprint density at radius 2 is 2.43 bits per heavy atom. The molecule has 0 bridgehead atoms. The van der Waals surface area contributed by atoms with Crippen molar-refractivity contribution in [2.75, 3.05) is 6.61 Å². The van der Waals surface area contributed by atoms with Crippen LogP contribution in [0.3, 0.4) is 0 Å². The SMILES string of the molecule is CC(=O)c1ccn(COCC2CC2)c1. The van der Waals surface area contributed by atoms with Crippen LogP contribution in [0, 0.1) is 5.92 Å². The predicted molar refractivity (Wildman–Crippen MR) is 53.1 cm³/mol. The van der Waals surface area contributed by atoms with Gasteiger partial charge in [0.25, 0.3) is 0 Å².